The van der Waals surface area contributed by atoms with Gasteiger partial charge in [-0.15, -0.1) is 0 Å². The molecule has 0 aliphatic rings. The Balaban J connectivity index is 1.94. The van der Waals surface area contributed by atoms with Crippen molar-refractivity contribution in [1.29, 1.82) is 0 Å². The van der Waals surface area contributed by atoms with Gasteiger partial charge >= 0.3 is 5.97 Å². The monoisotopic (exact) mass is 331 g/mol. The lowest BCUT2D eigenvalue weighted by Gasteiger charge is -2.14. The number of carbonyl (C=O) groups is 2. The maximum atomic E-state index is 13.5. The highest BCUT2D eigenvalue weighted by Gasteiger charge is 2.20. The van der Waals surface area contributed by atoms with Gasteiger partial charge in [-0.25, -0.2) is 9.18 Å². The highest BCUT2D eigenvalue weighted by Crippen LogP contribution is 2.16. The van der Waals surface area contributed by atoms with E-state index >= 15 is 0 Å². The number of nitrogens with one attached hydrogen (secondary N) is 1. The van der Waals surface area contributed by atoms with Crippen molar-refractivity contribution in [2.24, 2.45) is 0 Å². The summed E-state index contributed by atoms with van der Waals surface area (Å²) >= 11 is 0. The van der Waals surface area contributed by atoms with Gasteiger partial charge in [0.1, 0.15) is 11.6 Å². The molecule has 1 amide bonds. The molecule has 0 aliphatic heterocycles. The lowest BCUT2D eigenvalue weighted by atomic mass is 10.2. The Hall–Kier alpha value is -2.89. The Labute approximate surface area is 139 Å². The van der Waals surface area contributed by atoms with Gasteiger partial charge in [0.2, 0.25) is 0 Å². The molecular formula is C18H18FNO4. The average molecular weight is 331 g/mol. The van der Waals surface area contributed by atoms with Gasteiger partial charge in [-0.2, -0.15) is 0 Å². The summed E-state index contributed by atoms with van der Waals surface area (Å²) in [6.07, 6.45) is -1.07. The van der Waals surface area contributed by atoms with Crippen LogP contribution in [0.4, 0.5) is 10.1 Å². The third-order valence-corrected chi connectivity index (χ3v) is 3.18. The molecule has 0 fully saturated rings. The van der Waals surface area contributed by atoms with Gasteiger partial charge in [-0.1, -0.05) is 12.1 Å². The summed E-state index contributed by atoms with van der Waals surface area (Å²) in [5.74, 6) is -1.40. The van der Waals surface area contributed by atoms with Gasteiger partial charge in [-0.05, 0) is 50.2 Å². The minimum absolute atomic E-state index is 0.210. The van der Waals surface area contributed by atoms with E-state index in [1.165, 1.54) is 25.1 Å². The molecule has 0 aliphatic carbocycles. The molecule has 1 N–H and O–H groups in total. The number of benzene rings is 2. The van der Waals surface area contributed by atoms with Crippen LogP contribution < -0.4 is 10.1 Å². The Morgan fingerprint density at radius 1 is 1.12 bits per heavy atom. The Bertz CT molecular complexity index is 715. The second-order valence-corrected chi connectivity index (χ2v) is 4.97. The van der Waals surface area contributed by atoms with Crippen LogP contribution in [0.15, 0.2) is 48.5 Å². The molecule has 0 saturated carbocycles. The molecule has 6 heteroatoms. The first-order chi connectivity index (χ1) is 11.5. The average Bonchev–Trinajstić information content (AvgIpc) is 2.57. The van der Waals surface area contributed by atoms with E-state index in [-0.39, 0.29) is 5.56 Å². The highest BCUT2D eigenvalue weighted by atomic mass is 19.1. The van der Waals surface area contributed by atoms with Crippen molar-refractivity contribution >= 4 is 17.6 Å². The third kappa shape index (κ3) is 4.55. The molecule has 2 rings (SSSR count). The number of hydrogen-bond donors (Lipinski definition) is 1. The van der Waals surface area contributed by atoms with Gasteiger partial charge in [0.15, 0.2) is 6.10 Å². The number of hydrogen-bond acceptors (Lipinski definition) is 4. The van der Waals surface area contributed by atoms with Crippen LogP contribution in [0.1, 0.15) is 24.2 Å². The zero-order valence-electron chi connectivity index (χ0n) is 13.4. The SMILES string of the molecule is CCOc1ccc(NC(=O)[C@H](C)OC(=O)c2ccccc2F)cc1. The largest absolute Gasteiger partial charge is 0.494 e. The van der Waals surface area contributed by atoms with Crippen LogP contribution in [0.25, 0.3) is 0 Å². The fraction of sp³-hybridized carbons (Fsp3) is 0.222. The van der Waals surface area contributed by atoms with Crippen LogP contribution in [0.5, 0.6) is 5.75 Å². The normalized spacial score (nSPS) is 11.5. The first-order valence-electron chi connectivity index (χ1n) is 7.50. The summed E-state index contributed by atoms with van der Waals surface area (Å²) < 4.78 is 23.8. The summed E-state index contributed by atoms with van der Waals surface area (Å²) in [6, 6.07) is 12.2. The van der Waals surface area contributed by atoms with E-state index in [0.29, 0.717) is 18.0 Å². The van der Waals surface area contributed by atoms with E-state index in [1.54, 1.807) is 24.3 Å². The van der Waals surface area contributed by atoms with Crippen LogP contribution in [-0.4, -0.2) is 24.6 Å². The van der Waals surface area contributed by atoms with Crippen molar-refractivity contribution in [2.75, 3.05) is 11.9 Å². The predicted octanol–water partition coefficient (Wildman–Crippen LogP) is 3.41. The van der Waals surface area contributed by atoms with E-state index in [1.807, 2.05) is 6.92 Å². The standard InChI is InChI=1S/C18H18FNO4/c1-3-23-14-10-8-13(9-11-14)20-17(21)12(2)24-18(22)15-6-4-5-7-16(15)19/h4-12H,3H2,1-2H3,(H,20,21)/t12-/m0/s1. The smallest absolute Gasteiger partial charge is 0.341 e. The van der Waals surface area contributed by atoms with Crippen LogP contribution in [0.2, 0.25) is 0 Å². The molecule has 0 heterocycles. The molecule has 0 bridgehead atoms. The van der Waals surface area contributed by atoms with E-state index < -0.39 is 23.8 Å². The van der Waals surface area contributed by atoms with Gasteiger partial charge in [0.25, 0.3) is 5.91 Å². The number of amides is 1. The first kappa shape index (κ1) is 17.5. The molecule has 126 valence electrons. The Morgan fingerprint density at radius 2 is 1.79 bits per heavy atom. The van der Waals surface area contributed by atoms with E-state index in [2.05, 4.69) is 5.32 Å². The first-order valence-corrected chi connectivity index (χ1v) is 7.50. The van der Waals surface area contributed by atoms with E-state index in [9.17, 15) is 14.0 Å². The van der Waals surface area contributed by atoms with Crippen LogP contribution in [0.3, 0.4) is 0 Å². The molecule has 0 unspecified atom stereocenters. The summed E-state index contributed by atoms with van der Waals surface area (Å²) in [5, 5.41) is 2.62. The van der Waals surface area contributed by atoms with Gasteiger partial charge < -0.3 is 14.8 Å². The summed E-state index contributed by atoms with van der Waals surface area (Å²) in [6.45, 7) is 3.85. The highest BCUT2D eigenvalue weighted by molar-refractivity contribution is 5.97. The summed E-state index contributed by atoms with van der Waals surface area (Å²) in [4.78, 5) is 24.0. The molecule has 2 aromatic carbocycles. The molecule has 0 spiro atoms. The maximum Gasteiger partial charge on any atom is 0.341 e. The van der Waals surface area contributed by atoms with Crippen LogP contribution >= 0.6 is 0 Å². The zero-order chi connectivity index (χ0) is 17.5. The zero-order valence-corrected chi connectivity index (χ0v) is 13.4. The second-order valence-electron chi connectivity index (χ2n) is 4.97. The maximum absolute atomic E-state index is 13.5. The van der Waals surface area contributed by atoms with Crippen LogP contribution in [-0.2, 0) is 9.53 Å². The van der Waals surface area contributed by atoms with Crippen LogP contribution in [0, 0.1) is 5.82 Å². The van der Waals surface area contributed by atoms with Gasteiger partial charge in [0, 0.05) is 5.69 Å². The fourth-order valence-corrected chi connectivity index (χ4v) is 1.95. The molecule has 1 atom stereocenters. The number of anilines is 1. The molecule has 0 aromatic heterocycles. The Kier molecular flexibility index (Phi) is 5.89. The van der Waals surface area contributed by atoms with Crippen molar-refractivity contribution in [3.05, 3.63) is 59.9 Å². The van der Waals surface area contributed by atoms with Crippen molar-refractivity contribution in [2.45, 2.75) is 20.0 Å². The van der Waals surface area contributed by atoms with Crippen molar-refractivity contribution < 1.29 is 23.5 Å². The number of halogens is 1. The molecule has 5 nitrogen and oxygen atoms in total. The Morgan fingerprint density at radius 3 is 2.42 bits per heavy atom. The van der Waals surface area contributed by atoms with Crippen molar-refractivity contribution in [1.82, 2.24) is 0 Å². The second kappa shape index (κ2) is 8.10. The minimum Gasteiger partial charge on any atom is -0.494 e. The lowest BCUT2D eigenvalue weighted by molar-refractivity contribution is -0.123. The molecule has 0 saturated heterocycles. The van der Waals surface area contributed by atoms with Crippen molar-refractivity contribution in [3.8, 4) is 5.75 Å². The van der Waals surface area contributed by atoms with Gasteiger partial charge in [-0.3, -0.25) is 4.79 Å². The van der Waals surface area contributed by atoms with E-state index in [4.69, 9.17) is 9.47 Å². The number of rotatable bonds is 6. The fourth-order valence-electron chi connectivity index (χ4n) is 1.95. The molecule has 0 radical (unpaired) electrons. The lowest BCUT2D eigenvalue weighted by Crippen LogP contribution is -2.30. The summed E-state index contributed by atoms with van der Waals surface area (Å²) in [5.41, 5.74) is 0.329. The van der Waals surface area contributed by atoms with Crippen molar-refractivity contribution in [3.63, 3.8) is 0 Å². The number of esters is 1. The number of ether oxygens (including phenoxy) is 2. The quantitative estimate of drug-likeness (QED) is 0.824. The summed E-state index contributed by atoms with van der Waals surface area (Å²) in [7, 11) is 0. The third-order valence-electron chi connectivity index (χ3n) is 3.18. The minimum atomic E-state index is -1.07. The molecule has 24 heavy (non-hydrogen) atoms. The van der Waals surface area contributed by atoms with E-state index in [0.717, 1.165) is 6.07 Å². The predicted molar refractivity (Wildman–Crippen MR) is 87.5 cm³/mol. The van der Waals surface area contributed by atoms with Gasteiger partial charge in [0.05, 0.1) is 12.2 Å². The molecular weight excluding hydrogens is 313 g/mol. The number of carbonyl (C=O) groups excluding carboxylic acids is 2. The molecule has 2 aromatic rings. The topological polar surface area (TPSA) is 64.6 Å².